The molecule has 7 nitrogen and oxygen atoms in total. The second-order valence-electron chi connectivity index (χ2n) is 6.05. The molecule has 4 N–H and O–H groups in total. The largest absolute Gasteiger partial charge is 0.477 e. The van der Waals surface area contributed by atoms with Crippen LogP contribution in [0.3, 0.4) is 0 Å². The molecule has 2 saturated heterocycles. The van der Waals surface area contributed by atoms with Gasteiger partial charge in [0.25, 0.3) is 0 Å². The van der Waals surface area contributed by atoms with Crippen LogP contribution in [-0.4, -0.2) is 74.8 Å². The number of aliphatic carboxylic acids is 1. The summed E-state index contributed by atoms with van der Waals surface area (Å²) in [4.78, 5) is 26.9. The summed E-state index contributed by atoms with van der Waals surface area (Å²) in [5, 5.41) is 18.7. The minimum absolute atomic E-state index is 0.0609. The number of piperidine rings is 1. The molecule has 3 aliphatic heterocycles. The van der Waals surface area contributed by atoms with Crippen LogP contribution in [0, 0.1) is 0 Å². The van der Waals surface area contributed by atoms with E-state index in [-0.39, 0.29) is 23.1 Å². The van der Waals surface area contributed by atoms with Crippen LogP contribution >= 0.6 is 11.8 Å². The van der Waals surface area contributed by atoms with Crippen LogP contribution in [0.25, 0.3) is 0 Å². The first-order valence-corrected chi connectivity index (χ1v) is 8.77. The third kappa shape index (κ3) is 3.16. The van der Waals surface area contributed by atoms with Gasteiger partial charge >= 0.3 is 5.97 Å². The quantitative estimate of drug-likeness (QED) is 0.597. The Kier molecular flexibility index (Phi) is 4.77. The van der Waals surface area contributed by atoms with Crippen molar-refractivity contribution in [3.63, 3.8) is 0 Å². The maximum Gasteiger partial charge on any atom is 0.352 e. The number of allylic oxidation sites excluding steroid dienone is 1. The van der Waals surface area contributed by atoms with Crippen LogP contribution in [0.2, 0.25) is 0 Å². The Labute approximate surface area is 138 Å². The molecule has 0 bridgehead atoms. The number of carboxylic acid groups (broad SMARTS) is 1. The van der Waals surface area contributed by atoms with Crippen LogP contribution in [0.4, 0.5) is 0 Å². The Bertz CT molecular complexity index is 569. The van der Waals surface area contributed by atoms with Crippen LogP contribution in [-0.2, 0) is 9.59 Å². The van der Waals surface area contributed by atoms with E-state index in [4.69, 9.17) is 5.73 Å². The van der Waals surface area contributed by atoms with Gasteiger partial charge in [-0.05, 0) is 18.4 Å². The van der Waals surface area contributed by atoms with Crippen LogP contribution in [0.5, 0.6) is 0 Å². The zero-order chi connectivity index (χ0) is 16.6. The summed E-state index contributed by atoms with van der Waals surface area (Å²) in [5.41, 5.74) is 6.43. The number of aliphatic hydroxyl groups excluding tert-OH is 1. The first-order valence-electron chi connectivity index (χ1n) is 7.72. The third-order valence-electron chi connectivity index (χ3n) is 4.48. The zero-order valence-electron chi connectivity index (χ0n) is 12.7. The SMILES string of the molecule is N[C@@H]1C(=O)N2C(C(=O)O)=C(C=CCN3CCC(O)CC3)CS[C@H]12. The average molecular weight is 339 g/mol. The van der Waals surface area contributed by atoms with Crippen molar-refractivity contribution in [2.75, 3.05) is 25.4 Å². The molecule has 1 amide bonds. The van der Waals surface area contributed by atoms with Crippen molar-refractivity contribution in [1.29, 1.82) is 0 Å². The van der Waals surface area contributed by atoms with Crippen LogP contribution in [0.15, 0.2) is 23.4 Å². The van der Waals surface area contributed by atoms with Gasteiger partial charge in [0, 0.05) is 25.4 Å². The summed E-state index contributed by atoms with van der Waals surface area (Å²) in [6.07, 6.45) is 5.07. The molecular formula is C15H21N3O4S. The maximum atomic E-state index is 11.8. The lowest BCUT2D eigenvalue weighted by Gasteiger charge is -2.47. The fourth-order valence-corrected chi connectivity index (χ4v) is 4.38. The minimum atomic E-state index is -1.09. The summed E-state index contributed by atoms with van der Waals surface area (Å²) in [6, 6.07) is -0.598. The highest BCUT2D eigenvalue weighted by molar-refractivity contribution is 8.00. The van der Waals surface area contributed by atoms with Gasteiger partial charge in [-0.1, -0.05) is 12.2 Å². The molecule has 2 atom stereocenters. The van der Waals surface area contributed by atoms with E-state index in [1.54, 1.807) is 6.08 Å². The number of carbonyl (C=O) groups is 2. The lowest BCUT2D eigenvalue weighted by Crippen LogP contribution is -2.68. The number of carbonyl (C=O) groups excluding carboxylic acids is 1. The zero-order valence-corrected chi connectivity index (χ0v) is 13.5. The lowest BCUT2D eigenvalue weighted by molar-refractivity contribution is -0.147. The van der Waals surface area contributed by atoms with Gasteiger partial charge in [0.05, 0.1) is 6.10 Å². The number of aliphatic hydroxyl groups is 1. The second kappa shape index (κ2) is 6.64. The Morgan fingerprint density at radius 3 is 2.74 bits per heavy atom. The van der Waals surface area contributed by atoms with Crippen molar-refractivity contribution in [1.82, 2.24) is 9.80 Å². The number of fused-ring (bicyclic) bond motifs is 1. The summed E-state index contributed by atoms with van der Waals surface area (Å²) >= 11 is 1.50. The van der Waals surface area contributed by atoms with Crippen molar-refractivity contribution in [2.24, 2.45) is 5.73 Å². The number of β-lactam (4-membered cyclic amide) rings is 1. The Balaban J connectivity index is 1.68. The summed E-state index contributed by atoms with van der Waals surface area (Å²) in [6.45, 7) is 2.39. The van der Waals surface area contributed by atoms with E-state index in [1.165, 1.54) is 16.7 Å². The molecule has 0 aromatic rings. The highest BCUT2D eigenvalue weighted by Crippen LogP contribution is 2.39. The average Bonchev–Trinajstić information content (AvgIpc) is 2.55. The van der Waals surface area contributed by atoms with Gasteiger partial charge in [0.15, 0.2) is 0 Å². The predicted octanol–water partition coefficient (Wildman–Crippen LogP) is -0.420. The fourth-order valence-electron chi connectivity index (χ4n) is 3.11. The Morgan fingerprint density at radius 2 is 2.09 bits per heavy atom. The molecule has 0 spiro atoms. The van der Waals surface area contributed by atoms with Gasteiger partial charge < -0.3 is 15.9 Å². The number of likely N-dealkylation sites (tertiary alicyclic amines) is 1. The van der Waals surface area contributed by atoms with E-state index in [0.29, 0.717) is 17.9 Å². The molecule has 8 heteroatoms. The predicted molar refractivity (Wildman–Crippen MR) is 86.6 cm³/mol. The number of amides is 1. The monoisotopic (exact) mass is 339 g/mol. The molecule has 0 aromatic heterocycles. The van der Waals surface area contributed by atoms with E-state index in [2.05, 4.69) is 4.90 Å². The normalized spacial score (nSPS) is 29.8. The standard InChI is InChI=1S/C15H21N3O4S/c16-11-13(20)18-12(15(21)22)9(8-23-14(11)18)2-1-5-17-6-3-10(19)4-7-17/h1-2,10-11,14,19H,3-8,16H2,(H,21,22)/t11-,14-/m1/s1. The number of carboxylic acids is 1. The van der Waals surface area contributed by atoms with Gasteiger partial charge in [-0.2, -0.15) is 0 Å². The van der Waals surface area contributed by atoms with Crippen molar-refractivity contribution in [2.45, 2.75) is 30.4 Å². The molecule has 0 radical (unpaired) electrons. The summed E-state index contributed by atoms with van der Waals surface area (Å²) < 4.78 is 0. The van der Waals surface area contributed by atoms with E-state index >= 15 is 0 Å². The number of thioether (sulfide) groups is 1. The lowest BCUT2D eigenvalue weighted by atomic mass is 10.0. The molecule has 0 unspecified atom stereocenters. The molecule has 0 saturated carbocycles. The maximum absolute atomic E-state index is 11.8. The fraction of sp³-hybridized carbons (Fsp3) is 0.600. The number of nitrogens with two attached hydrogens (primary N) is 1. The van der Waals surface area contributed by atoms with Gasteiger partial charge in [0.2, 0.25) is 5.91 Å². The molecular weight excluding hydrogens is 318 g/mol. The number of hydrogen-bond acceptors (Lipinski definition) is 6. The van der Waals surface area contributed by atoms with Crippen molar-refractivity contribution in [3.8, 4) is 0 Å². The highest BCUT2D eigenvalue weighted by Gasteiger charge is 2.51. The van der Waals surface area contributed by atoms with Crippen LogP contribution in [0.1, 0.15) is 12.8 Å². The molecule has 2 fully saturated rings. The van der Waals surface area contributed by atoms with Crippen LogP contribution < -0.4 is 5.73 Å². The molecule has 0 aromatic carbocycles. The van der Waals surface area contributed by atoms with Crippen molar-refractivity contribution < 1.29 is 19.8 Å². The first kappa shape index (κ1) is 16.5. The summed E-state index contributed by atoms with van der Waals surface area (Å²) in [7, 11) is 0. The Hall–Kier alpha value is -1.35. The van der Waals surface area contributed by atoms with E-state index in [9.17, 15) is 19.8 Å². The van der Waals surface area contributed by atoms with Crippen molar-refractivity contribution in [3.05, 3.63) is 23.4 Å². The van der Waals surface area contributed by atoms with Gasteiger partial charge in [0.1, 0.15) is 17.1 Å². The van der Waals surface area contributed by atoms with E-state index < -0.39 is 12.0 Å². The van der Waals surface area contributed by atoms with E-state index in [1.807, 2.05) is 6.08 Å². The Morgan fingerprint density at radius 1 is 1.39 bits per heavy atom. The molecule has 3 aliphatic rings. The number of rotatable bonds is 4. The molecule has 0 aliphatic carbocycles. The number of hydrogen-bond donors (Lipinski definition) is 3. The molecule has 3 rings (SSSR count). The van der Waals surface area contributed by atoms with E-state index in [0.717, 1.165) is 25.9 Å². The minimum Gasteiger partial charge on any atom is -0.477 e. The van der Waals surface area contributed by atoms with Gasteiger partial charge in [-0.15, -0.1) is 11.8 Å². The second-order valence-corrected chi connectivity index (χ2v) is 7.15. The molecule has 3 heterocycles. The first-order chi connectivity index (χ1) is 11.0. The number of nitrogens with zero attached hydrogens (tertiary/aromatic N) is 2. The topological polar surface area (TPSA) is 107 Å². The third-order valence-corrected chi connectivity index (χ3v) is 5.80. The van der Waals surface area contributed by atoms with Gasteiger partial charge in [-0.3, -0.25) is 14.6 Å². The highest BCUT2D eigenvalue weighted by atomic mass is 32.2. The smallest absolute Gasteiger partial charge is 0.352 e. The van der Waals surface area contributed by atoms with Gasteiger partial charge in [-0.25, -0.2) is 4.79 Å². The molecule has 23 heavy (non-hydrogen) atoms. The van der Waals surface area contributed by atoms with Crippen molar-refractivity contribution >= 4 is 23.6 Å². The molecule has 126 valence electrons. The summed E-state index contributed by atoms with van der Waals surface area (Å²) in [5.74, 6) is -0.870.